The normalized spacial score (nSPS) is 32.1. The van der Waals surface area contributed by atoms with Gasteiger partial charge in [0, 0.05) is 6.04 Å². The van der Waals surface area contributed by atoms with Crippen LogP contribution in [0.25, 0.3) is 0 Å². The molecular weight excluding hydrogens is 202 g/mol. The zero-order chi connectivity index (χ0) is 12.2. The standard InChI is InChI=1S/C13H25NO2/c1-4-11(14)13(9-12(15)16-3)7-5-10(2)6-8-13/h10-11H,4-9,14H2,1-3H3. The molecular formula is C13H25NO2. The van der Waals surface area contributed by atoms with Gasteiger partial charge in [0.25, 0.3) is 0 Å². The predicted octanol–water partition coefficient (Wildman–Crippen LogP) is 2.48. The Morgan fingerprint density at radius 3 is 2.50 bits per heavy atom. The molecule has 3 heteroatoms. The van der Waals surface area contributed by atoms with Gasteiger partial charge in [-0.3, -0.25) is 4.79 Å². The van der Waals surface area contributed by atoms with Gasteiger partial charge in [0.1, 0.15) is 0 Å². The Morgan fingerprint density at radius 2 is 2.06 bits per heavy atom. The number of nitrogens with two attached hydrogens (primary N) is 1. The molecule has 16 heavy (non-hydrogen) atoms. The number of methoxy groups -OCH3 is 1. The summed E-state index contributed by atoms with van der Waals surface area (Å²) in [7, 11) is 1.46. The molecule has 1 unspecified atom stereocenters. The molecule has 0 bridgehead atoms. The Bertz CT molecular complexity index is 232. The number of ether oxygens (including phenoxy) is 1. The van der Waals surface area contributed by atoms with E-state index in [1.54, 1.807) is 0 Å². The first kappa shape index (κ1) is 13.5. The lowest BCUT2D eigenvalue weighted by atomic mass is 9.64. The molecule has 0 aromatic heterocycles. The van der Waals surface area contributed by atoms with E-state index in [9.17, 15) is 4.79 Å². The molecule has 2 N–H and O–H groups in total. The van der Waals surface area contributed by atoms with Crippen LogP contribution in [0.5, 0.6) is 0 Å². The topological polar surface area (TPSA) is 52.3 Å². The number of esters is 1. The molecule has 1 aliphatic carbocycles. The minimum Gasteiger partial charge on any atom is -0.469 e. The molecule has 0 heterocycles. The Balaban J connectivity index is 2.72. The van der Waals surface area contributed by atoms with Crippen LogP contribution in [0.15, 0.2) is 0 Å². The summed E-state index contributed by atoms with van der Waals surface area (Å²) in [4.78, 5) is 11.5. The molecule has 1 atom stereocenters. The van der Waals surface area contributed by atoms with Crippen LogP contribution in [0.2, 0.25) is 0 Å². The minimum atomic E-state index is -0.113. The fourth-order valence-corrected chi connectivity index (χ4v) is 2.81. The summed E-state index contributed by atoms with van der Waals surface area (Å²) < 4.78 is 4.81. The zero-order valence-corrected chi connectivity index (χ0v) is 10.8. The van der Waals surface area contributed by atoms with E-state index < -0.39 is 0 Å². The first-order chi connectivity index (χ1) is 7.54. The van der Waals surface area contributed by atoms with Crippen molar-refractivity contribution >= 4 is 5.97 Å². The number of carbonyl (C=O) groups excluding carboxylic acids is 1. The second-order valence-corrected chi connectivity index (χ2v) is 5.31. The largest absolute Gasteiger partial charge is 0.469 e. The van der Waals surface area contributed by atoms with Gasteiger partial charge in [-0.05, 0) is 30.6 Å². The van der Waals surface area contributed by atoms with Gasteiger partial charge in [-0.15, -0.1) is 0 Å². The average molecular weight is 227 g/mol. The van der Waals surface area contributed by atoms with Gasteiger partial charge in [0.05, 0.1) is 13.5 Å². The smallest absolute Gasteiger partial charge is 0.306 e. The lowest BCUT2D eigenvalue weighted by Gasteiger charge is -2.42. The Morgan fingerprint density at radius 1 is 1.50 bits per heavy atom. The van der Waals surface area contributed by atoms with Crippen molar-refractivity contribution < 1.29 is 9.53 Å². The highest BCUT2D eigenvalue weighted by atomic mass is 16.5. The van der Waals surface area contributed by atoms with Gasteiger partial charge in [-0.1, -0.05) is 26.7 Å². The number of rotatable bonds is 4. The average Bonchev–Trinajstić information content (AvgIpc) is 2.31. The van der Waals surface area contributed by atoms with Crippen LogP contribution in [0.4, 0.5) is 0 Å². The molecule has 1 aliphatic rings. The van der Waals surface area contributed by atoms with Crippen molar-refractivity contribution in [1.29, 1.82) is 0 Å². The third-order valence-corrected chi connectivity index (χ3v) is 4.22. The zero-order valence-electron chi connectivity index (χ0n) is 10.8. The summed E-state index contributed by atoms with van der Waals surface area (Å²) in [5, 5.41) is 0. The molecule has 0 radical (unpaired) electrons. The number of carbonyl (C=O) groups is 1. The molecule has 3 nitrogen and oxygen atoms in total. The highest BCUT2D eigenvalue weighted by Gasteiger charge is 2.40. The Labute approximate surface area is 98.7 Å². The van der Waals surface area contributed by atoms with Crippen LogP contribution in [-0.4, -0.2) is 19.1 Å². The Kier molecular flexibility index (Phi) is 4.78. The quantitative estimate of drug-likeness (QED) is 0.751. The second kappa shape index (κ2) is 5.67. The van der Waals surface area contributed by atoms with E-state index in [1.165, 1.54) is 20.0 Å². The molecule has 0 aliphatic heterocycles. The van der Waals surface area contributed by atoms with Gasteiger partial charge in [-0.25, -0.2) is 0 Å². The van der Waals surface area contributed by atoms with E-state index in [1.807, 2.05) is 0 Å². The lowest BCUT2D eigenvalue weighted by Crippen LogP contribution is -2.45. The fourth-order valence-electron chi connectivity index (χ4n) is 2.81. The van der Waals surface area contributed by atoms with E-state index >= 15 is 0 Å². The molecule has 1 fully saturated rings. The monoisotopic (exact) mass is 227 g/mol. The predicted molar refractivity (Wildman–Crippen MR) is 65.0 cm³/mol. The van der Waals surface area contributed by atoms with Crippen LogP contribution < -0.4 is 5.73 Å². The summed E-state index contributed by atoms with van der Waals surface area (Å²) in [5.41, 5.74) is 6.22. The molecule has 0 spiro atoms. The number of hydrogen-bond acceptors (Lipinski definition) is 3. The first-order valence-corrected chi connectivity index (χ1v) is 6.36. The Hall–Kier alpha value is -0.570. The third-order valence-electron chi connectivity index (χ3n) is 4.22. The van der Waals surface area contributed by atoms with Gasteiger partial charge in [0.2, 0.25) is 0 Å². The summed E-state index contributed by atoms with van der Waals surface area (Å²) in [5.74, 6) is 0.660. The van der Waals surface area contributed by atoms with Crippen molar-refractivity contribution in [2.45, 2.75) is 58.4 Å². The van der Waals surface area contributed by atoms with E-state index in [2.05, 4.69) is 13.8 Å². The highest BCUT2D eigenvalue weighted by molar-refractivity contribution is 5.70. The molecule has 1 saturated carbocycles. The highest BCUT2D eigenvalue weighted by Crippen LogP contribution is 2.44. The maximum Gasteiger partial charge on any atom is 0.306 e. The van der Waals surface area contributed by atoms with Crippen LogP contribution in [0.1, 0.15) is 52.4 Å². The van der Waals surface area contributed by atoms with Crippen molar-refractivity contribution in [3.05, 3.63) is 0 Å². The maximum absolute atomic E-state index is 11.5. The molecule has 0 aromatic rings. The molecule has 0 saturated heterocycles. The summed E-state index contributed by atoms with van der Waals surface area (Å²) in [6, 6.07) is 0.124. The lowest BCUT2D eigenvalue weighted by molar-refractivity contribution is -0.144. The van der Waals surface area contributed by atoms with E-state index in [4.69, 9.17) is 10.5 Å². The van der Waals surface area contributed by atoms with Gasteiger partial charge in [-0.2, -0.15) is 0 Å². The van der Waals surface area contributed by atoms with Crippen LogP contribution in [-0.2, 0) is 9.53 Å². The van der Waals surface area contributed by atoms with Gasteiger partial charge >= 0.3 is 5.97 Å². The molecule has 0 aromatic carbocycles. The fraction of sp³-hybridized carbons (Fsp3) is 0.923. The van der Waals surface area contributed by atoms with Crippen molar-refractivity contribution in [2.24, 2.45) is 17.1 Å². The van der Waals surface area contributed by atoms with E-state index in [0.29, 0.717) is 6.42 Å². The van der Waals surface area contributed by atoms with Crippen LogP contribution in [0.3, 0.4) is 0 Å². The van der Waals surface area contributed by atoms with Crippen molar-refractivity contribution in [3.8, 4) is 0 Å². The van der Waals surface area contributed by atoms with E-state index in [0.717, 1.165) is 25.2 Å². The molecule has 1 rings (SSSR count). The van der Waals surface area contributed by atoms with Gasteiger partial charge in [0.15, 0.2) is 0 Å². The van der Waals surface area contributed by atoms with E-state index in [-0.39, 0.29) is 17.4 Å². The van der Waals surface area contributed by atoms with Crippen LogP contribution >= 0.6 is 0 Å². The maximum atomic E-state index is 11.5. The number of hydrogen-bond donors (Lipinski definition) is 1. The second-order valence-electron chi connectivity index (χ2n) is 5.31. The molecule has 0 amide bonds. The molecule has 94 valence electrons. The van der Waals surface area contributed by atoms with Crippen LogP contribution in [0, 0.1) is 11.3 Å². The third kappa shape index (κ3) is 2.97. The van der Waals surface area contributed by atoms with Gasteiger partial charge < -0.3 is 10.5 Å². The first-order valence-electron chi connectivity index (χ1n) is 6.36. The minimum absolute atomic E-state index is 0.00560. The summed E-state index contributed by atoms with van der Waals surface area (Å²) in [6.45, 7) is 4.38. The van der Waals surface area contributed by atoms with Crippen molar-refractivity contribution in [3.63, 3.8) is 0 Å². The van der Waals surface area contributed by atoms with Crippen molar-refractivity contribution in [1.82, 2.24) is 0 Å². The SMILES string of the molecule is CCC(N)C1(CC(=O)OC)CCC(C)CC1. The summed E-state index contributed by atoms with van der Waals surface area (Å²) in [6.07, 6.45) is 5.93. The van der Waals surface area contributed by atoms with Crippen molar-refractivity contribution in [2.75, 3.05) is 7.11 Å². The summed E-state index contributed by atoms with van der Waals surface area (Å²) >= 11 is 0.